The Hall–Kier alpha value is -1.94. The molecule has 1 rings (SSSR count). The first-order valence-corrected chi connectivity index (χ1v) is 22.8. The van der Waals surface area contributed by atoms with Crippen LogP contribution in [-0.4, -0.2) is 97.5 Å². The quantitative estimate of drug-likeness (QED) is 0.0206. The molecule has 1 aliphatic rings. The zero-order valence-electron chi connectivity index (χ0n) is 34.4. The van der Waals surface area contributed by atoms with Gasteiger partial charge in [-0.25, -0.2) is 4.18 Å². The van der Waals surface area contributed by atoms with Crippen LogP contribution in [-0.2, 0) is 38.3 Å². The van der Waals surface area contributed by atoms with Gasteiger partial charge in [-0.3, -0.25) is 9.35 Å². The fourth-order valence-corrected chi connectivity index (χ4v) is 6.76. The van der Waals surface area contributed by atoms with Gasteiger partial charge in [0.25, 0.3) is 0 Å². The average molecular weight is 817 g/mol. The van der Waals surface area contributed by atoms with E-state index in [1.807, 2.05) is 0 Å². The van der Waals surface area contributed by atoms with E-state index in [-0.39, 0.29) is 19.6 Å². The molecule has 1 fully saturated rings. The molecule has 0 amide bonds. The number of allylic oxidation sites excluding steroid dienone is 8. The van der Waals surface area contributed by atoms with Crippen molar-refractivity contribution in [3.05, 3.63) is 48.6 Å². The highest BCUT2D eigenvalue weighted by Gasteiger charge is 2.48. The van der Waals surface area contributed by atoms with Crippen molar-refractivity contribution in [2.45, 2.75) is 192 Å². The summed E-state index contributed by atoms with van der Waals surface area (Å²) in [5, 5.41) is 30.6. The number of unbranched alkanes of at least 4 members (excludes halogenated alkanes) is 15. The standard InChI is InChI=1S/C43H76O12S/c1-3-5-7-9-11-13-15-16-17-18-19-20-21-22-23-24-26-28-30-32-39(45)53-37(35-51-33-31-29-27-25-14-12-10-8-6-4-2)36-52-43-41(47)42(55-56(48,49)50)40(46)38(34-44)54-43/h5,7,11,13,16-17,19-20,37-38,40-44,46-47H,3-4,6,8-10,12,14-15,18,21-36H2,1-2H3,(H,48,49,50)/b7-5-,13-11-,17-16-,20-19-. The number of carbonyl (C=O) groups excluding carboxylic acids is 1. The first-order chi connectivity index (χ1) is 27.1. The van der Waals surface area contributed by atoms with Crippen molar-refractivity contribution in [1.82, 2.24) is 0 Å². The molecule has 0 aromatic rings. The van der Waals surface area contributed by atoms with Crippen molar-refractivity contribution in [3.8, 4) is 0 Å². The normalized spacial score (nSPS) is 21.3. The van der Waals surface area contributed by atoms with Crippen LogP contribution in [0.25, 0.3) is 0 Å². The van der Waals surface area contributed by atoms with Gasteiger partial charge in [0, 0.05) is 13.0 Å². The number of carbonyl (C=O) groups is 1. The van der Waals surface area contributed by atoms with E-state index in [4.69, 9.17) is 23.5 Å². The summed E-state index contributed by atoms with van der Waals surface area (Å²) in [6.07, 6.45) is 31.5. The Labute approximate surface area is 338 Å². The molecule has 56 heavy (non-hydrogen) atoms. The van der Waals surface area contributed by atoms with E-state index in [1.54, 1.807) is 0 Å². The Kier molecular flexibility index (Phi) is 32.6. The monoisotopic (exact) mass is 817 g/mol. The number of rotatable bonds is 36. The smallest absolute Gasteiger partial charge is 0.397 e. The van der Waals surface area contributed by atoms with Crippen LogP contribution in [0.3, 0.4) is 0 Å². The second-order valence-corrected chi connectivity index (χ2v) is 15.6. The van der Waals surface area contributed by atoms with Crippen molar-refractivity contribution in [1.29, 1.82) is 0 Å². The summed E-state index contributed by atoms with van der Waals surface area (Å²) in [4.78, 5) is 12.8. The highest BCUT2D eigenvalue weighted by atomic mass is 32.3. The van der Waals surface area contributed by atoms with E-state index in [2.05, 4.69) is 66.6 Å². The molecule has 0 aromatic carbocycles. The number of esters is 1. The van der Waals surface area contributed by atoms with Crippen molar-refractivity contribution in [2.75, 3.05) is 26.4 Å². The lowest BCUT2D eigenvalue weighted by molar-refractivity contribution is -0.301. The molecular formula is C43H76O12S. The minimum absolute atomic E-state index is 0.0300. The third-order valence-corrected chi connectivity index (χ3v) is 9.93. The Balaban J connectivity index is 2.44. The number of hydrogen-bond donors (Lipinski definition) is 4. The SMILES string of the molecule is CC/C=C\C/C=C\C/C=C\C/C=C\CCCCCCCCC(=O)OC(COCCCCCCCCCCCC)COC1OC(CO)C(O)C(OS(=O)(=O)O)C1O. The molecule has 6 atom stereocenters. The van der Waals surface area contributed by atoms with Crippen LogP contribution in [0.2, 0.25) is 0 Å². The van der Waals surface area contributed by atoms with Crippen LogP contribution < -0.4 is 0 Å². The fourth-order valence-electron chi connectivity index (χ4n) is 6.25. The fraction of sp³-hybridized carbons (Fsp3) is 0.791. The lowest BCUT2D eigenvalue weighted by Gasteiger charge is -2.41. The van der Waals surface area contributed by atoms with E-state index >= 15 is 0 Å². The average Bonchev–Trinajstić information content (AvgIpc) is 3.17. The third-order valence-electron chi connectivity index (χ3n) is 9.47. The van der Waals surface area contributed by atoms with Gasteiger partial charge in [-0.1, -0.05) is 146 Å². The maximum Gasteiger partial charge on any atom is 0.397 e. The first kappa shape index (κ1) is 52.1. The van der Waals surface area contributed by atoms with Crippen LogP contribution in [0.1, 0.15) is 155 Å². The summed E-state index contributed by atoms with van der Waals surface area (Å²) >= 11 is 0. The van der Waals surface area contributed by atoms with Crippen LogP contribution in [0.15, 0.2) is 48.6 Å². The summed E-state index contributed by atoms with van der Waals surface area (Å²) in [6, 6.07) is 0. The van der Waals surface area contributed by atoms with E-state index in [0.717, 1.165) is 83.5 Å². The molecule has 1 saturated heterocycles. The number of aliphatic hydroxyl groups excluding tert-OH is 3. The summed E-state index contributed by atoms with van der Waals surface area (Å²) in [6.45, 7) is 3.83. The lowest BCUT2D eigenvalue weighted by atomic mass is 9.99. The van der Waals surface area contributed by atoms with E-state index in [0.29, 0.717) is 13.0 Å². The van der Waals surface area contributed by atoms with Gasteiger partial charge in [-0.2, -0.15) is 8.42 Å². The molecule has 326 valence electrons. The molecule has 0 spiro atoms. The third kappa shape index (κ3) is 28.5. The molecule has 4 N–H and O–H groups in total. The minimum Gasteiger partial charge on any atom is -0.457 e. The summed E-state index contributed by atoms with van der Waals surface area (Å²) in [7, 11) is -5.06. The van der Waals surface area contributed by atoms with Crippen molar-refractivity contribution in [2.24, 2.45) is 0 Å². The van der Waals surface area contributed by atoms with Gasteiger partial charge in [0.05, 0.1) is 19.8 Å². The highest BCUT2D eigenvalue weighted by molar-refractivity contribution is 7.80. The molecule has 6 unspecified atom stereocenters. The zero-order chi connectivity index (χ0) is 41.1. The Bertz CT molecular complexity index is 1170. The highest BCUT2D eigenvalue weighted by Crippen LogP contribution is 2.26. The van der Waals surface area contributed by atoms with Crippen LogP contribution in [0.5, 0.6) is 0 Å². The summed E-state index contributed by atoms with van der Waals surface area (Å²) in [5.41, 5.74) is 0. The number of aliphatic hydroxyl groups is 3. The van der Waals surface area contributed by atoms with Gasteiger partial charge in [0.2, 0.25) is 0 Å². The van der Waals surface area contributed by atoms with Crippen molar-refractivity contribution >= 4 is 16.4 Å². The molecule has 0 aromatic heterocycles. The van der Waals surface area contributed by atoms with Crippen LogP contribution in [0.4, 0.5) is 0 Å². The number of ether oxygens (including phenoxy) is 4. The minimum atomic E-state index is -5.06. The van der Waals surface area contributed by atoms with Crippen molar-refractivity contribution < 1.29 is 56.2 Å². The molecular weight excluding hydrogens is 741 g/mol. The summed E-state index contributed by atoms with van der Waals surface area (Å²) in [5.74, 6) is -0.415. The zero-order valence-corrected chi connectivity index (χ0v) is 35.2. The molecule has 0 aliphatic carbocycles. The predicted molar refractivity (Wildman–Crippen MR) is 220 cm³/mol. The van der Waals surface area contributed by atoms with Gasteiger partial charge < -0.3 is 34.3 Å². The topological polar surface area (TPSA) is 178 Å². The van der Waals surface area contributed by atoms with Gasteiger partial charge >= 0.3 is 16.4 Å². The molecule has 1 aliphatic heterocycles. The van der Waals surface area contributed by atoms with Crippen LogP contribution in [0, 0.1) is 0 Å². The van der Waals surface area contributed by atoms with Crippen LogP contribution >= 0.6 is 0 Å². The molecule has 12 nitrogen and oxygen atoms in total. The molecule has 13 heteroatoms. The van der Waals surface area contributed by atoms with Gasteiger partial charge in [-0.05, 0) is 51.4 Å². The largest absolute Gasteiger partial charge is 0.457 e. The summed E-state index contributed by atoms with van der Waals surface area (Å²) < 4.78 is 58.9. The van der Waals surface area contributed by atoms with Gasteiger partial charge in [-0.15, -0.1) is 0 Å². The van der Waals surface area contributed by atoms with E-state index in [1.165, 1.54) is 44.9 Å². The molecule has 0 saturated carbocycles. The maximum absolute atomic E-state index is 12.8. The van der Waals surface area contributed by atoms with E-state index in [9.17, 15) is 28.5 Å². The van der Waals surface area contributed by atoms with Gasteiger partial charge in [0.15, 0.2) is 6.29 Å². The maximum atomic E-state index is 12.8. The number of hydrogen-bond acceptors (Lipinski definition) is 11. The Morgan fingerprint density at radius 1 is 0.696 bits per heavy atom. The second-order valence-electron chi connectivity index (χ2n) is 14.6. The Morgan fingerprint density at radius 2 is 1.23 bits per heavy atom. The lowest BCUT2D eigenvalue weighted by Crippen LogP contribution is -2.60. The molecule has 0 radical (unpaired) electrons. The second kappa shape index (κ2) is 35.0. The van der Waals surface area contributed by atoms with E-state index < -0.39 is 59.8 Å². The first-order valence-electron chi connectivity index (χ1n) is 21.4. The molecule has 0 bridgehead atoms. The van der Waals surface area contributed by atoms with Gasteiger partial charge in [0.1, 0.15) is 30.5 Å². The predicted octanol–water partition coefficient (Wildman–Crippen LogP) is 8.41. The van der Waals surface area contributed by atoms with Crippen molar-refractivity contribution in [3.63, 3.8) is 0 Å². The Morgan fingerprint density at radius 3 is 1.80 bits per heavy atom. The molecule has 1 heterocycles.